The van der Waals surface area contributed by atoms with Gasteiger partial charge in [0.25, 0.3) is 0 Å². The van der Waals surface area contributed by atoms with Crippen molar-refractivity contribution in [2.75, 3.05) is 6.61 Å². The van der Waals surface area contributed by atoms with Gasteiger partial charge in [0.05, 0.1) is 17.7 Å². The van der Waals surface area contributed by atoms with Gasteiger partial charge in [-0.15, -0.1) is 0 Å². The van der Waals surface area contributed by atoms with Crippen LogP contribution in [-0.4, -0.2) is 12.6 Å². The number of esters is 1. The monoisotopic (exact) mass is 329 g/mol. The van der Waals surface area contributed by atoms with Crippen LogP contribution in [0.4, 0.5) is 0 Å². The summed E-state index contributed by atoms with van der Waals surface area (Å²) in [5.41, 5.74) is 1.99. The lowest BCUT2D eigenvalue weighted by Gasteiger charge is -2.08. The number of hydrogen-bond acceptors (Lipinski definition) is 3. The first kappa shape index (κ1) is 13.0. The van der Waals surface area contributed by atoms with E-state index in [0.29, 0.717) is 21.3 Å². The van der Waals surface area contributed by atoms with E-state index in [0.717, 1.165) is 12.0 Å². The molecule has 1 aromatic carbocycles. The molecule has 0 saturated heterocycles. The molecule has 4 heteroatoms. The molecular weight excluding hydrogens is 317 g/mol. The Morgan fingerprint density at radius 1 is 1.50 bits per heavy atom. The number of carbonyl (C=O) groups is 1. The summed E-state index contributed by atoms with van der Waals surface area (Å²) in [5.74, 6) is -0.362. The van der Waals surface area contributed by atoms with E-state index in [1.165, 1.54) is 0 Å². The van der Waals surface area contributed by atoms with Crippen molar-refractivity contribution in [3.05, 3.63) is 32.4 Å². The van der Waals surface area contributed by atoms with E-state index >= 15 is 0 Å². The molecule has 0 aliphatic rings. The number of nitriles is 1. The Morgan fingerprint density at radius 2 is 2.19 bits per heavy atom. The maximum absolute atomic E-state index is 11.7. The first-order chi connectivity index (χ1) is 7.63. The number of carbonyl (C=O) groups excluding carboxylic acids is 1. The van der Waals surface area contributed by atoms with E-state index < -0.39 is 0 Å². The number of hydrogen-bond donors (Lipinski definition) is 0. The second-order valence-electron chi connectivity index (χ2n) is 3.19. The molecule has 0 radical (unpaired) electrons. The maximum Gasteiger partial charge on any atom is 0.339 e. The molecule has 0 amide bonds. The van der Waals surface area contributed by atoms with E-state index in [1.807, 2.05) is 35.6 Å². The van der Waals surface area contributed by atoms with Crippen LogP contribution in [0.3, 0.4) is 0 Å². The fraction of sp³-hybridized carbons (Fsp3) is 0.333. The Morgan fingerprint density at radius 3 is 2.69 bits per heavy atom. The Bertz CT molecular complexity index is 449. The van der Waals surface area contributed by atoms with Crippen molar-refractivity contribution in [2.24, 2.45) is 0 Å². The molecule has 0 aliphatic carbocycles. The quantitative estimate of drug-likeness (QED) is 0.633. The Hall–Kier alpha value is -1.09. The van der Waals surface area contributed by atoms with Crippen molar-refractivity contribution in [2.45, 2.75) is 20.3 Å². The molecule has 0 bridgehead atoms. The summed E-state index contributed by atoms with van der Waals surface area (Å²) >= 11 is 2.01. The molecule has 16 heavy (non-hydrogen) atoms. The fourth-order valence-corrected chi connectivity index (χ4v) is 1.98. The molecule has 3 nitrogen and oxygen atoms in total. The van der Waals surface area contributed by atoms with Crippen LogP contribution < -0.4 is 0 Å². The van der Waals surface area contributed by atoms with Gasteiger partial charge in [-0.3, -0.25) is 0 Å². The molecule has 0 unspecified atom stereocenters. The minimum absolute atomic E-state index is 0.340. The van der Waals surface area contributed by atoms with Gasteiger partial charge in [0.15, 0.2) is 0 Å². The van der Waals surface area contributed by atoms with Crippen LogP contribution in [0.2, 0.25) is 0 Å². The van der Waals surface area contributed by atoms with E-state index in [1.54, 1.807) is 13.0 Å². The van der Waals surface area contributed by atoms with Gasteiger partial charge in [-0.05, 0) is 53.6 Å². The van der Waals surface area contributed by atoms with E-state index in [9.17, 15) is 4.79 Å². The van der Waals surface area contributed by atoms with Gasteiger partial charge in [-0.25, -0.2) is 4.79 Å². The Labute approximate surface area is 109 Å². The van der Waals surface area contributed by atoms with Gasteiger partial charge >= 0.3 is 5.97 Å². The van der Waals surface area contributed by atoms with Crippen molar-refractivity contribution in [1.29, 1.82) is 5.26 Å². The largest absolute Gasteiger partial charge is 0.462 e. The molecule has 0 atom stereocenters. The van der Waals surface area contributed by atoms with Crippen LogP contribution in [0.5, 0.6) is 0 Å². The predicted molar refractivity (Wildman–Crippen MR) is 69.2 cm³/mol. The van der Waals surface area contributed by atoms with Crippen LogP contribution in [0.1, 0.15) is 35.3 Å². The number of rotatable bonds is 3. The molecule has 84 valence electrons. The minimum Gasteiger partial charge on any atom is -0.462 e. The smallest absolute Gasteiger partial charge is 0.339 e. The lowest BCUT2D eigenvalue weighted by atomic mass is 10.0. The molecule has 0 heterocycles. The Balaban J connectivity index is 3.27. The van der Waals surface area contributed by atoms with Crippen LogP contribution >= 0.6 is 22.6 Å². The summed E-state index contributed by atoms with van der Waals surface area (Å²) in [6.07, 6.45) is 0.790. The van der Waals surface area contributed by atoms with Crippen LogP contribution in [-0.2, 0) is 11.2 Å². The minimum atomic E-state index is -0.362. The predicted octanol–water partition coefficient (Wildman–Crippen LogP) is 2.90. The van der Waals surface area contributed by atoms with E-state index in [4.69, 9.17) is 10.00 Å². The highest BCUT2D eigenvalue weighted by Crippen LogP contribution is 2.21. The van der Waals surface area contributed by atoms with Crippen molar-refractivity contribution in [3.8, 4) is 6.07 Å². The molecule has 0 saturated carbocycles. The summed E-state index contributed by atoms with van der Waals surface area (Å²) in [7, 11) is 0. The van der Waals surface area contributed by atoms with Crippen molar-refractivity contribution >= 4 is 28.6 Å². The van der Waals surface area contributed by atoms with Gasteiger partial charge in [0, 0.05) is 3.57 Å². The average molecular weight is 329 g/mol. The lowest BCUT2D eigenvalue weighted by Crippen LogP contribution is -2.08. The number of nitrogens with zero attached hydrogens (tertiary/aromatic N) is 1. The van der Waals surface area contributed by atoms with Crippen LogP contribution in [0.25, 0.3) is 0 Å². The average Bonchev–Trinajstić information content (AvgIpc) is 2.29. The van der Waals surface area contributed by atoms with Gasteiger partial charge in [0.1, 0.15) is 6.07 Å². The zero-order valence-corrected chi connectivity index (χ0v) is 11.4. The normalized spacial score (nSPS) is 9.62. The number of halogens is 1. The van der Waals surface area contributed by atoms with E-state index in [-0.39, 0.29) is 5.97 Å². The Kier molecular flexibility index (Phi) is 4.74. The highest BCUT2D eigenvalue weighted by atomic mass is 127. The fourth-order valence-electron chi connectivity index (χ4n) is 1.33. The number of ether oxygens (including phenoxy) is 1. The third-order valence-electron chi connectivity index (χ3n) is 2.16. The second-order valence-corrected chi connectivity index (χ2v) is 4.27. The third-order valence-corrected chi connectivity index (χ3v) is 3.32. The summed E-state index contributed by atoms with van der Waals surface area (Å²) in [4.78, 5) is 11.7. The third kappa shape index (κ3) is 2.73. The van der Waals surface area contributed by atoms with Crippen LogP contribution in [0.15, 0.2) is 12.1 Å². The molecular formula is C12H12INO2. The maximum atomic E-state index is 11.7. The van der Waals surface area contributed by atoms with Crippen molar-refractivity contribution in [1.82, 2.24) is 0 Å². The summed E-state index contributed by atoms with van der Waals surface area (Å²) < 4.78 is 5.62. The lowest BCUT2D eigenvalue weighted by molar-refractivity contribution is 0.0525. The van der Waals surface area contributed by atoms with E-state index in [2.05, 4.69) is 6.07 Å². The summed E-state index contributed by atoms with van der Waals surface area (Å²) in [6, 6.07) is 5.69. The number of aryl methyl sites for hydroxylation is 1. The standard InChI is InChI=1S/C12H12INO2/c1-3-8-5-9(7-14)11(13)10(6-8)12(15)16-4-2/h5-6H,3-4H2,1-2H3. The molecule has 0 aliphatic heterocycles. The van der Waals surface area contributed by atoms with Gasteiger partial charge < -0.3 is 4.74 Å². The summed E-state index contributed by atoms with van der Waals surface area (Å²) in [6.45, 7) is 4.09. The van der Waals surface area contributed by atoms with Gasteiger partial charge in [0.2, 0.25) is 0 Å². The van der Waals surface area contributed by atoms with Crippen molar-refractivity contribution < 1.29 is 9.53 Å². The van der Waals surface area contributed by atoms with Crippen molar-refractivity contribution in [3.63, 3.8) is 0 Å². The van der Waals surface area contributed by atoms with Crippen LogP contribution in [0, 0.1) is 14.9 Å². The highest BCUT2D eigenvalue weighted by Gasteiger charge is 2.15. The molecule has 0 aromatic heterocycles. The van der Waals surface area contributed by atoms with Gasteiger partial charge in [-0.2, -0.15) is 5.26 Å². The second kappa shape index (κ2) is 5.85. The zero-order valence-electron chi connectivity index (χ0n) is 9.21. The zero-order chi connectivity index (χ0) is 12.1. The first-order valence-electron chi connectivity index (χ1n) is 5.03. The van der Waals surface area contributed by atoms with Gasteiger partial charge in [-0.1, -0.05) is 6.92 Å². The molecule has 1 aromatic rings. The molecule has 0 spiro atoms. The SMILES string of the molecule is CCOC(=O)c1cc(CC)cc(C#N)c1I. The number of benzene rings is 1. The summed E-state index contributed by atoms with van der Waals surface area (Å²) in [5, 5.41) is 8.97. The molecule has 0 N–H and O–H groups in total. The molecule has 0 fully saturated rings. The topological polar surface area (TPSA) is 50.1 Å². The highest BCUT2D eigenvalue weighted by molar-refractivity contribution is 14.1. The first-order valence-corrected chi connectivity index (χ1v) is 6.11. The molecule has 1 rings (SSSR count).